The van der Waals surface area contributed by atoms with Crippen molar-refractivity contribution in [2.75, 3.05) is 18.9 Å². The second kappa shape index (κ2) is 6.70. The average Bonchev–Trinajstić information content (AvgIpc) is 2.89. The number of aryl methyl sites for hydroxylation is 2. The van der Waals surface area contributed by atoms with Gasteiger partial charge in [-0.25, -0.2) is 4.98 Å². The summed E-state index contributed by atoms with van der Waals surface area (Å²) in [5.74, 6) is 1.68. The smallest absolute Gasteiger partial charge is 0.270 e. The van der Waals surface area contributed by atoms with Crippen molar-refractivity contribution in [3.05, 3.63) is 41.6 Å². The maximum Gasteiger partial charge on any atom is 0.270 e. The van der Waals surface area contributed by atoms with Crippen LogP contribution in [0.2, 0.25) is 0 Å². The number of aromatic nitrogens is 3. The van der Waals surface area contributed by atoms with Gasteiger partial charge in [0.25, 0.3) is 5.82 Å². The molecule has 0 aliphatic heterocycles. The van der Waals surface area contributed by atoms with Crippen LogP contribution in [0.3, 0.4) is 0 Å². The van der Waals surface area contributed by atoms with Gasteiger partial charge in [-0.05, 0) is 31.5 Å². The standard InChI is InChI=1S/C18H21N5O/c1-11-12(2)21-18-15(11)17(20-10-9-14(24)19-3)22-16(23-18)13-7-5-4-6-8-13/h4-8H,9-10H2,1-3H3,(H,19,24)(H2,20,21,22,23)/p+1. The van der Waals surface area contributed by atoms with E-state index in [4.69, 9.17) is 4.98 Å². The SMILES string of the molecule is CNC(=O)CCNc1[nH+]c(-c2ccccc2)nc2[nH]c(C)c(C)c12. The fraction of sp³-hybridized carbons (Fsp3) is 0.278. The van der Waals surface area contributed by atoms with E-state index in [9.17, 15) is 4.79 Å². The Bertz CT molecular complexity index is 870. The molecule has 0 aliphatic rings. The van der Waals surface area contributed by atoms with Crippen LogP contribution in [0.5, 0.6) is 0 Å². The third-order valence-corrected chi connectivity index (χ3v) is 4.18. The van der Waals surface area contributed by atoms with E-state index in [-0.39, 0.29) is 5.91 Å². The molecule has 0 bridgehead atoms. The van der Waals surface area contributed by atoms with Crippen LogP contribution in [0, 0.1) is 13.8 Å². The highest BCUT2D eigenvalue weighted by molar-refractivity contribution is 5.90. The molecular formula is C18H22N5O+. The van der Waals surface area contributed by atoms with Crippen molar-refractivity contribution in [3.63, 3.8) is 0 Å². The highest BCUT2D eigenvalue weighted by Gasteiger charge is 2.20. The molecule has 4 N–H and O–H groups in total. The predicted molar refractivity (Wildman–Crippen MR) is 94.7 cm³/mol. The van der Waals surface area contributed by atoms with Crippen molar-refractivity contribution in [2.24, 2.45) is 0 Å². The van der Waals surface area contributed by atoms with Gasteiger partial charge in [0.2, 0.25) is 17.4 Å². The summed E-state index contributed by atoms with van der Waals surface area (Å²) in [7, 11) is 1.65. The predicted octanol–water partition coefficient (Wildman–Crippen LogP) is 2.21. The van der Waals surface area contributed by atoms with E-state index in [2.05, 4.69) is 27.5 Å². The number of anilines is 1. The number of hydrogen-bond donors (Lipinski definition) is 3. The van der Waals surface area contributed by atoms with Crippen LogP contribution in [0.25, 0.3) is 22.4 Å². The zero-order valence-corrected chi connectivity index (χ0v) is 14.2. The van der Waals surface area contributed by atoms with Crippen LogP contribution in [0.15, 0.2) is 30.3 Å². The third kappa shape index (κ3) is 3.08. The molecule has 1 aromatic carbocycles. The second-order valence-electron chi connectivity index (χ2n) is 5.77. The number of aromatic amines is 2. The number of amides is 1. The van der Waals surface area contributed by atoms with Crippen molar-refractivity contribution in [1.29, 1.82) is 0 Å². The molecular weight excluding hydrogens is 302 g/mol. The molecule has 0 spiro atoms. The first-order valence-electron chi connectivity index (χ1n) is 8.02. The first-order chi connectivity index (χ1) is 11.6. The molecule has 2 heterocycles. The zero-order chi connectivity index (χ0) is 17.1. The maximum absolute atomic E-state index is 11.4. The van der Waals surface area contributed by atoms with Gasteiger partial charge in [0.05, 0.1) is 18.5 Å². The van der Waals surface area contributed by atoms with Gasteiger partial charge in [0.1, 0.15) is 5.39 Å². The number of nitrogens with one attached hydrogen (secondary N) is 4. The lowest BCUT2D eigenvalue weighted by Crippen LogP contribution is -2.24. The Hall–Kier alpha value is -2.89. The lowest BCUT2D eigenvalue weighted by Gasteiger charge is -2.04. The van der Waals surface area contributed by atoms with Crippen molar-refractivity contribution in [3.8, 4) is 11.4 Å². The summed E-state index contributed by atoms with van der Waals surface area (Å²) in [5.41, 5.74) is 4.09. The molecule has 6 heteroatoms. The number of nitrogens with zero attached hydrogens (tertiary/aromatic N) is 1. The molecule has 0 unspecified atom stereocenters. The molecule has 6 nitrogen and oxygen atoms in total. The summed E-state index contributed by atoms with van der Waals surface area (Å²) >= 11 is 0. The van der Waals surface area contributed by atoms with Gasteiger partial charge >= 0.3 is 0 Å². The Morgan fingerprint density at radius 3 is 2.71 bits per heavy atom. The Kier molecular flexibility index (Phi) is 4.46. The van der Waals surface area contributed by atoms with Crippen molar-refractivity contribution in [2.45, 2.75) is 20.3 Å². The van der Waals surface area contributed by atoms with Crippen LogP contribution in [0.4, 0.5) is 5.82 Å². The lowest BCUT2D eigenvalue weighted by atomic mass is 10.2. The van der Waals surface area contributed by atoms with Gasteiger partial charge in [-0.15, -0.1) is 0 Å². The highest BCUT2D eigenvalue weighted by atomic mass is 16.1. The van der Waals surface area contributed by atoms with Crippen molar-refractivity contribution in [1.82, 2.24) is 15.3 Å². The summed E-state index contributed by atoms with van der Waals surface area (Å²) in [6.07, 6.45) is 0.414. The molecule has 124 valence electrons. The molecule has 2 aromatic heterocycles. The van der Waals surface area contributed by atoms with Crippen molar-refractivity contribution >= 4 is 22.8 Å². The van der Waals surface area contributed by atoms with Gasteiger partial charge in [-0.3, -0.25) is 4.79 Å². The fourth-order valence-electron chi connectivity index (χ4n) is 2.70. The molecule has 24 heavy (non-hydrogen) atoms. The Labute approximate surface area is 140 Å². The summed E-state index contributed by atoms with van der Waals surface area (Å²) in [6.45, 7) is 4.65. The molecule has 0 saturated carbocycles. The van der Waals surface area contributed by atoms with E-state index >= 15 is 0 Å². The molecule has 0 atom stereocenters. The zero-order valence-electron chi connectivity index (χ0n) is 14.2. The quantitative estimate of drug-likeness (QED) is 0.673. The number of fused-ring (bicyclic) bond motifs is 1. The van der Waals surface area contributed by atoms with Crippen LogP contribution >= 0.6 is 0 Å². The molecule has 1 amide bonds. The van der Waals surface area contributed by atoms with E-state index in [1.807, 2.05) is 37.3 Å². The van der Waals surface area contributed by atoms with Crippen molar-refractivity contribution < 1.29 is 9.78 Å². The molecule has 0 aliphatic carbocycles. The van der Waals surface area contributed by atoms with Gasteiger partial charge in [0, 0.05) is 12.7 Å². The van der Waals surface area contributed by atoms with E-state index in [0.29, 0.717) is 13.0 Å². The third-order valence-electron chi connectivity index (χ3n) is 4.18. The second-order valence-corrected chi connectivity index (χ2v) is 5.77. The van der Waals surface area contributed by atoms with E-state index in [0.717, 1.165) is 39.5 Å². The van der Waals surface area contributed by atoms with Crippen LogP contribution in [0.1, 0.15) is 17.7 Å². The number of carbonyl (C=O) groups excluding carboxylic acids is 1. The van der Waals surface area contributed by atoms with Gasteiger partial charge in [0.15, 0.2) is 0 Å². The highest BCUT2D eigenvalue weighted by Crippen LogP contribution is 2.26. The Morgan fingerprint density at radius 1 is 1.25 bits per heavy atom. The number of benzene rings is 1. The fourth-order valence-corrected chi connectivity index (χ4v) is 2.70. The summed E-state index contributed by atoms with van der Waals surface area (Å²) in [4.78, 5) is 22.9. The monoisotopic (exact) mass is 324 g/mol. The van der Waals surface area contributed by atoms with E-state index < -0.39 is 0 Å². The van der Waals surface area contributed by atoms with Crippen LogP contribution in [-0.4, -0.2) is 29.5 Å². The first kappa shape index (κ1) is 16.0. The molecule has 3 aromatic rings. The lowest BCUT2D eigenvalue weighted by molar-refractivity contribution is -0.350. The number of carbonyl (C=O) groups is 1. The number of rotatable bonds is 5. The molecule has 0 radical (unpaired) electrons. The molecule has 3 rings (SSSR count). The van der Waals surface area contributed by atoms with Gasteiger partial charge < -0.3 is 15.6 Å². The minimum Gasteiger partial charge on any atom is -0.359 e. The van der Waals surface area contributed by atoms with E-state index in [1.165, 1.54) is 0 Å². The Balaban J connectivity index is 2.02. The van der Waals surface area contributed by atoms with Gasteiger partial charge in [-0.2, -0.15) is 0 Å². The van der Waals surface area contributed by atoms with E-state index in [1.54, 1.807) is 7.05 Å². The summed E-state index contributed by atoms with van der Waals surface area (Å²) in [5, 5.41) is 7.01. The minimum atomic E-state index is 0.0121. The number of hydrogen-bond acceptors (Lipinski definition) is 3. The topological polar surface area (TPSA) is 83.9 Å². The maximum atomic E-state index is 11.4. The average molecular weight is 324 g/mol. The molecule has 0 fully saturated rings. The minimum absolute atomic E-state index is 0.0121. The Morgan fingerprint density at radius 2 is 2.00 bits per heavy atom. The summed E-state index contributed by atoms with van der Waals surface area (Å²) in [6, 6.07) is 9.98. The normalized spacial score (nSPS) is 10.8. The molecule has 0 saturated heterocycles. The largest absolute Gasteiger partial charge is 0.359 e. The summed E-state index contributed by atoms with van der Waals surface area (Å²) < 4.78 is 0. The van der Waals surface area contributed by atoms with Crippen LogP contribution in [-0.2, 0) is 4.79 Å². The first-order valence-corrected chi connectivity index (χ1v) is 8.02. The van der Waals surface area contributed by atoms with Crippen LogP contribution < -0.4 is 15.6 Å². The number of H-pyrrole nitrogens is 2. The van der Waals surface area contributed by atoms with Gasteiger partial charge in [-0.1, -0.05) is 23.2 Å².